The predicted octanol–water partition coefficient (Wildman–Crippen LogP) is 4.30. The number of hydrogen-bond donors (Lipinski definition) is 1. The van der Waals surface area contributed by atoms with Crippen LogP contribution in [0.5, 0.6) is 0 Å². The molecule has 0 N–H and O–H groups in total. The van der Waals surface area contributed by atoms with E-state index in [-0.39, 0.29) is 5.02 Å². The summed E-state index contributed by atoms with van der Waals surface area (Å²) in [5.74, 6) is 0.451. The molecular formula is C10H8ClF3S. The van der Waals surface area contributed by atoms with Crippen LogP contribution in [0.3, 0.4) is 0 Å². The molecule has 1 aromatic carbocycles. The molecule has 0 radical (unpaired) electrons. The normalized spacial score (nSPS) is 12.3. The average Bonchev–Trinajstić information content (AvgIpc) is 2.14. The molecule has 0 fully saturated rings. The van der Waals surface area contributed by atoms with Crippen LogP contribution in [0.2, 0.25) is 5.02 Å². The van der Waals surface area contributed by atoms with Gasteiger partial charge in [-0.2, -0.15) is 25.8 Å². The van der Waals surface area contributed by atoms with Crippen molar-refractivity contribution in [2.24, 2.45) is 0 Å². The Morgan fingerprint density at radius 3 is 2.53 bits per heavy atom. The molecule has 15 heavy (non-hydrogen) atoms. The van der Waals surface area contributed by atoms with Crippen LogP contribution in [-0.4, -0.2) is 5.75 Å². The van der Waals surface area contributed by atoms with Gasteiger partial charge in [-0.15, -0.1) is 0 Å². The third-order valence-corrected chi connectivity index (χ3v) is 2.37. The van der Waals surface area contributed by atoms with E-state index in [1.165, 1.54) is 18.2 Å². The Morgan fingerprint density at radius 1 is 1.33 bits per heavy atom. The average molecular weight is 253 g/mol. The van der Waals surface area contributed by atoms with Crippen LogP contribution < -0.4 is 0 Å². The van der Waals surface area contributed by atoms with E-state index in [1.807, 2.05) is 0 Å². The second kappa shape index (κ2) is 4.94. The van der Waals surface area contributed by atoms with Crippen molar-refractivity contribution in [3.63, 3.8) is 0 Å². The maximum atomic E-state index is 12.4. The first-order valence-corrected chi connectivity index (χ1v) is 5.11. The second-order valence-corrected chi connectivity index (χ2v) is 3.53. The van der Waals surface area contributed by atoms with Gasteiger partial charge in [-0.3, -0.25) is 0 Å². The van der Waals surface area contributed by atoms with Crippen molar-refractivity contribution in [3.8, 4) is 0 Å². The van der Waals surface area contributed by atoms with Crippen LogP contribution in [0.25, 0.3) is 6.08 Å². The molecule has 0 unspecified atom stereocenters. The Hall–Kier alpha value is -0.610. The van der Waals surface area contributed by atoms with Gasteiger partial charge in [0.25, 0.3) is 0 Å². The SMILES string of the molecule is FC(F)(F)c1cccc(C=CCS)c1Cl. The van der Waals surface area contributed by atoms with Gasteiger partial charge >= 0.3 is 6.18 Å². The monoisotopic (exact) mass is 252 g/mol. The van der Waals surface area contributed by atoms with E-state index in [2.05, 4.69) is 12.6 Å². The topological polar surface area (TPSA) is 0 Å². The lowest BCUT2D eigenvalue weighted by Crippen LogP contribution is -2.06. The highest BCUT2D eigenvalue weighted by Gasteiger charge is 2.33. The van der Waals surface area contributed by atoms with E-state index in [1.54, 1.807) is 6.08 Å². The minimum atomic E-state index is -4.41. The van der Waals surface area contributed by atoms with Crippen molar-refractivity contribution in [1.82, 2.24) is 0 Å². The molecule has 0 bridgehead atoms. The van der Waals surface area contributed by atoms with Crippen LogP contribution in [0, 0.1) is 0 Å². The molecule has 0 aliphatic rings. The molecular weight excluding hydrogens is 245 g/mol. The zero-order chi connectivity index (χ0) is 11.5. The summed E-state index contributed by atoms with van der Waals surface area (Å²) in [7, 11) is 0. The van der Waals surface area contributed by atoms with Crippen LogP contribution >= 0.6 is 24.2 Å². The predicted molar refractivity (Wildman–Crippen MR) is 59.3 cm³/mol. The molecule has 0 aliphatic heterocycles. The van der Waals surface area contributed by atoms with Gasteiger partial charge in [0.15, 0.2) is 0 Å². The molecule has 1 rings (SSSR count). The van der Waals surface area contributed by atoms with Crippen LogP contribution in [0.15, 0.2) is 24.3 Å². The second-order valence-electron chi connectivity index (χ2n) is 2.79. The van der Waals surface area contributed by atoms with E-state index in [0.29, 0.717) is 11.3 Å². The fourth-order valence-corrected chi connectivity index (χ4v) is 1.48. The number of benzene rings is 1. The van der Waals surface area contributed by atoms with Gasteiger partial charge in [0.2, 0.25) is 0 Å². The van der Waals surface area contributed by atoms with Crippen molar-refractivity contribution in [3.05, 3.63) is 40.4 Å². The van der Waals surface area contributed by atoms with Crippen molar-refractivity contribution in [2.75, 3.05) is 5.75 Å². The Balaban J connectivity index is 3.17. The molecule has 0 aromatic heterocycles. The van der Waals surface area contributed by atoms with Gasteiger partial charge < -0.3 is 0 Å². The van der Waals surface area contributed by atoms with E-state index >= 15 is 0 Å². The summed E-state index contributed by atoms with van der Waals surface area (Å²) >= 11 is 9.55. The molecule has 0 aliphatic carbocycles. The summed E-state index contributed by atoms with van der Waals surface area (Å²) in [5, 5.41) is -0.275. The lowest BCUT2D eigenvalue weighted by molar-refractivity contribution is -0.137. The lowest BCUT2D eigenvalue weighted by Gasteiger charge is -2.10. The quantitative estimate of drug-likeness (QED) is 0.746. The summed E-state index contributed by atoms with van der Waals surface area (Å²) in [6.45, 7) is 0. The Kier molecular flexibility index (Phi) is 4.11. The first-order chi connectivity index (χ1) is 6.96. The number of rotatable bonds is 2. The number of alkyl halides is 3. The molecule has 0 amide bonds. The van der Waals surface area contributed by atoms with Crippen molar-refractivity contribution in [2.45, 2.75) is 6.18 Å². The smallest absolute Gasteiger partial charge is 0.175 e. The lowest BCUT2D eigenvalue weighted by atomic mass is 10.1. The molecule has 0 saturated heterocycles. The Morgan fingerprint density at radius 2 is 2.00 bits per heavy atom. The van der Waals surface area contributed by atoms with Crippen LogP contribution in [0.1, 0.15) is 11.1 Å². The summed E-state index contributed by atoms with van der Waals surface area (Å²) in [6.07, 6.45) is -1.27. The largest absolute Gasteiger partial charge is 0.417 e. The molecule has 0 spiro atoms. The fourth-order valence-electron chi connectivity index (χ4n) is 1.08. The zero-order valence-electron chi connectivity index (χ0n) is 7.55. The van der Waals surface area contributed by atoms with Gasteiger partial charge in [0.1, 0.15) is 0 Å². The number of thiol groups is 1. The first-order valence-electron chi connectivity index (χ1n) is 4.10. The van der Waals surface area contributed by atoms with Gasteiger partial charge in [0.05, 0.1) is 10.6 Å². The molecule has 5 heteroatoms. The third kappa shape index (κ3) is 3.18. The first kappa shape index (κ1) is 12.5. The minimum Gasteiger partial charge on any atom is -0.175 e. The summed E-state index contributed by atoms with van der Waals surface area (Å²) in [5.41, 5.74) is -0.467. The third-order valence-electron chi connectivity index (χ3n) is 1.74. The maximum absolute atomic E-state index is 12.4. The number of hydrogen-bond acceptors (Lipinski definition) is 1. The van der Waals surface area contributed by atoms with Crippen molar-refractivity contribution in [1.29, 1.82) is 0 Å². The van der Waals surface area contributed by atoms with Crippen LogP contribution in [-0.2, 0) is 6.18 Å². The van der Waals surface area contributed by atoms with Crippen molar-refractivity contribution < 1.29 is 13.2 Å². The van der Waals surface area contributed by atoms with Gasteiger partial charge in [-0.1, -0.05) is 35.9 Å². The molecule has 0 nitrogen and oxygen atoms in total. The molecule has 0 atom stereocenters. The summed E-state index contributed by atoms with van der Waals surface area (Å²) < 4.78 is 37.3. The highest BCUT2D eigenvalue weighted by molar-refractivity contribution is 7.80. The van der Waals surface area contributed by atoms with E-state index in [4.69, 9.17) is 11.6 Å². The minimum absolute atomic E-state index is 0.275. The van der Waals surface area contributed by atoms with E-state index in [9.17, 15) is 13.2 Å². The van der Waals surface area contributed by atoms with E-state index < -0.39 is 11.7 Å². The highest BCUT2D eigenvalue weighted by atomic mass is 35.5. The Labute approximate surface area is 96.2 Å². The summed E-state index contributed by atoms with van der Waals surface area (Å²) in [4.78, 5) is 0. The number of halogens is 4. The van der Waals surface area contributed by atoms with Gasteiger partial charge in [-0.25, -0.2) is 0 Å². The molecule has 0 heterocycles. The van der Waals surface area contributed by atoms with Crippen LogP contribution in [0.4, 0.5) is 13.2 Å². The van der Waals surface area contributed by atoms with Crippen molar-refractivity contribution >= 4 is 30.3 Å². The molecule has 82 valence electrons. The van der Waals surface area contributed by atoms with Gasteiger partial charge in [0, 0.05) is 5.75 Å². The maximum Gasteiger partial charge on any atom is 0.417 e. The molecule has 1 aromatic rings. The standard InChI is InChI=1S/C10H8ClF3S/c11-9-7(4-2-6-15)3-1-5-8(9)10(12,13)14/h1-5,15H,6H2. The Bertz CT molecular complexity index is 371. The highest BCUT2D eigenvalue weighted by Crippen LogP contribution is 2.36. The van der Waals surface area contributed by atoms with Gasteiger partial charge in [-0.05, 0) is 11.6 Å². The zero-order valence-corrected chi connectivity index (χ0v) is 9.20. The molecule has 0 saturated carbocycles. The van der Waals surface area contributed by atoms with E-state index in [0.717, 1.165) is 6.07 Å². The fraction of sp³-hybridized carbons (Fsp3) is 0.200. The summed E-state index contributed by atoms with van der Waals surface area (Å²) in [6, 6.07) is 3.81.